The molecule has 3 aromatic rings. The second kappa shape index (κ2) is 8.75. The van der Waals surface area contributed by atoms with Crippen LogP contribution < -0.4 is 11.5 Å². The molecular formula is C25H24N4O5. The van der Waals surface area contributed by atoms with Crippen LogP contribution in [0.3, 0.4) is 0 Å². The maximum absolute atomic E-state index is 14.0. The minimum Gasteiger partial charge on any atom is -0.444 e. The molecule has 2 aliphatic rings. The van der Waals surface area contributed by atoms with Gasteiger partial charge in [-0.05, 0) is 48.2 Å². The first kappa shape index (κ1) is 21.8. The molecule has 2 saturated heterocycles. The molecule has 34 heavy (non-hydrogen) atoms. The van der Waals surface area contributed by atoms with E-state index in [0.29, 0.717) is 42.0 Å². The minimum absolute atomic E-state index is 0.00918. The van der Waals surface area contributed by atoms with Crippen molar-refractivity contribution < 1.29 is 23.5 Å². The number of fused-ring (bicyclic) bond motifs is 1. The number of aromatic nitrogens is 1. The summed E-state index contributed by atoms with van der Waals surface area (Å²) >= 11 is 0. The van der Waals surface area contributed by atoms with Crippen LogP contribution >= 0.6 is 0 Å². The lowest BCUT2D eigenvalue weighted by Gasteiger charge is -2.28. The molecule has 9 heteroatoms. The molecule has 0 aliphatic carbocycles. The fourth-order valence-corrected chi connectivity index (χ4v) is 4.85. The second-order valence-corrected chi connectivity index (χ2v) is 8.61. The number of oxazole rings is 1. The fraction of sp³-hybridized carbons (Fsp3) is 0.280. The molecule has 3 unspecified atom stereocenters. The van der Waals surface area contributed by atoms with Gasteiger partial charge in [0.1, 0.15) is 12.6 Å². The number of hydrogen-bond donors (Lipinski definition) is 2. The molecule has 0 bridgehead atoms. The van der Waals surface area contributed by atoms with Crippen LogP contribution in [0.15, 0.2) is 59.5 Å². The van der Waals surface area contributed by atoms with E-state index < -0.39 is 17.9 Å². The van der Waals surface area contributed by atoms with E-state index in [-0.39, 0.29) is 30.0 Å². The number of carbonyl (C=O) groups excluding carboxylic acids is 3. The molecule has 9 nitrogen and oxygen atoms in total. The lowest BCUT2D eigenvalue weighted by atomic mass is 9.85. The Balaban J connectivity index is 1.60. The zero-order chi connectivity index (χ0) is 23.8. The summed E-state index contributed by atoms with van der Waals surface area (Å²) in [5.41, 5.74) is 14.4. The molecule has 2 aromatic carbocycles. The number of benzene rings is 2. The summed E-state index contributed by atoms with van der Waals surface area (Å²) in [7, 11) is 0. The molecule has 2 amide bonds. The molecule has 0 saturated carbocycles. The predicted molar refractivity (Wildman–Crippen MR) is 123 cm³/mol. The number of Topliss-reactive ketones (excluding diaryl/α,β-unsaturated/α-hetero) is 1. The quantitative estimate of drug-likeness (QED) is 0.535. The number of nitrogen functional groups attached to an aromatic ring is 1. The van der Waals surface area contributed by atoms with Gasteiger partial charge < -0.3 is 25.5 Å². The van der Waals surface area contributed by atoms with Gasteiger partial charge in [-0.1, -0.05) is 18.2 Å². The van der Waals surface area contributed by atoms with Gasteiger partial charge in [-0.3, -0.25) is 14.4 Å². The topological polar surface area (TPSA) is 142 Å². The Morgan fingerprint density at radius 3 is 2.68 bits per heavy atom. The van der Waals surface area contributed by atoms with Gasteiger partial charge in [0, 0.05) is 23.4 Å². The van der Waals surface area contributed by atoms with Crippen molar-refractivity contribution in [1.29, 1.82) is 0 Å². The summed E-state index contributed by atoms with van der Waals surface area (Å²) in [6.07, 6.45) is 3.47. The largest absolute Gasteiger partial charge is 0.444 e. The molecule has 2 aliphatic heterocycles. The SMILES string of the molecule is NC(=O)c1ccc(-c2cnco2)cc1C(Cc1ccc(N)cc1)C(=O)N1CCC2OCC(=O)C21. The Morgan fingerprint density at radius 1 is 1.18 bits per heavy atom. The average molecular weight is 460 g/mol. The number of amides is 2. The fourth-order valence-electron chi connectivity index (χ4n) is 4.85. The van der Waals surface area contributed by atoms with Crippen LogP contribution in [0.25, 0.3) is 11.3 Å². The number of likely N-dealkylation sites (tertiary alicyclic amines) is 1. The third kappa shape index (κ3) is 3.94. The van der Waals surface area contributed by atoms with Crippen LogP contribution in [0.4, 0.5) is 5.69 Å². The Bertz CT molecular complexity index is 1240. The van der Waals surface area contributed by atoms with Crippen molar-refractivity contribution in [3.05, 3.63) is 71.7 Å². The molecular weight excluding hydrogens is 436 g/mol. The van der Waals surface area contributed by atoms with E-state index in [9.17, 15) is 14.4 Å². The highest BCUT2D eigenvalue weighted by Crippen LogP contribution is 2.35. The molecule has 5 rings (SSSR count). The van der Waals surface area contributed by atoms with Gasteiger partial charge >= 0.3 is 0 Å². The van der Waals surface area contributed by atoms with Crippen LogP contribution in [-0.2, 0) is 20.7 Å². The predicted octanol–water partition coefficient (Wildman–Crippen LogP) is 1.92. The van der Waals surface area contributed by atoms with Crippen molar-refractivity contribution in [1.82, 2.24) is 9.88 Å². The highest BCUT2D eigenvalue weighted by molar-refractivity contribution is 5.99. The van der Waals surface area contributed by atoms with Gasteiger partial charge in [0.2, 0.25) is 11.8 Å². The Kier molecular flexibility index (Phi) is 5.62. The third-order valence-electron chi connectivity index (χ3n) is 6.52. The summed E-state index contributed by atoms with van der Waals surface area (Å²) in [6, 6.07) is 11.6. The van der Waals surface area contributed by atoms with E-state index in [1.165, 1.54) is 6.39 Å². The lowest BCUT2D eigenvalue weighted by molar-refractivity contribution is -0.137. The van der Waals surface area contributed by atoms with Gasteiger partial charge in [-0.2, -0.15) is 0 Å². The zero-order valence-corrected chi connectivity index (χ0v) is 18.3. The molecule has 0 radical (unpaired) electrons. The first-order valence-corrected chi connectivity index (χ1v) is 11.0. The van der Waals surface area contributed by atoms with Gasteiger partial charge in [0.15, 0.2) is 17.9 Å². The molecule has 4 N–H and O–H groups in total. The van der Waals surface area contributed by atoms with E-state index in [0.717, 1.165) is 5.56 Å². The first-order chi connectivity index (χ1) is 16.4. The van der Waals surface area contributed by atoms with Crippen molar-refractivity contribution in [2.45, 2.75) is 30.9 Å². The van der Waals surface area contributed by atoms with Crippen molar-refractivity contribution in [2.75, 3.05) is 18.9 Å². The monoisotopic (exact) mass is 460 g/mol. The molecule has 174 valence electrons. The maximum Gasteiger partial charge on any atom is 0.249 e. The number of anilines is 1. The molecule has 1 aromatic heterocycles. The summed E-state index contributed by atoms with van der Waals surface area (Å²) in [5, 5.41) is 0. The van der Waals surface area contributed by atoms with Gasteiger partial charge in [0.05, 0.1) is 18.2 Å². The van der Waals surface area contributed by atoms with Crippen LogP contribution in [0.5, 0.6) is 0 Å². The highest BCUT2D eigenvalue weighted by atomic mass is 16.5. The van der Waals surface area contributed by atoms with E-state index in [1.54, 1.807) is 41.4 Å². The van der Waals surface area contributed by atoms with Crippen LogP contribution in [0.1, 0.15) is 33.8 Å². The highest BCUT2D eigenvalue weighted by Gasteiger charge is 2.48. The summed E-state index contributed by atoms with van der Waals surface area (Å²) in [5.74, 6) is -1.26. The molecule has 3 heterocycles. The standard InChI is InChI=1S/C25H24N4O5/c26-16-4-1-14(2-5-16)9-19(25(32)29-8-7-21-23(29)20(30)12-33-21)18-10-15(22-11-28-13-34-22)3-6-17(18)24(27)31/h1-6,10-11,13,19,21,23H,7-9,12,26H2,(H2,27,31). The number of rotatable bonds is 6. The minimum atomic E-state index is -0.763. The second-order valence-electron chi connectivity index (χ2n) is 8.61. The van der Waals surface area contributed by atoms with Crippen molar-refractivity contribution in [3.8, 4) is 11.3 Å². The van der Waals surface area contributed by atoms with E-state index in [1.807, 2.05) is 12.1 Å². The molecule has 0 spiro atoms. The van der Waals surface area contributed by atoms with Crippen molar-refractivity contribution >= 4 is 23.3 Å². The average Bonchev–Trinajstić information content (AvgIpc) is 3.58. The van der Waals surface area contributed by atoms with Crippen LogP contribution in [-0.4, -0.2) is 52.8 Å². The Labute approximate surface area is 195 Å². The third-order valence-corrected chi connectivity index (χ3v) is 6.52. The number of nitrogens with zero attached hydrogens (tertiary/aromatic N) is 2. The van der Waals surface area contributed by atoms with E-state index in [4.69, 9.17) is 20.6 Å². The van der Waals surface area contributed by atoms with Crippen molar-refractivity contribution in [2.24, 2.45) is 5.73 Å². The van der Waals surface area contributed by atoms with Gasteiger partial charge in [-0.25, -0.2) is 4.98 Å². The number of ether oxygens (including phenoxy) is 1. The van der Waals surface area contributed by atoms with Crippen LogP contribution in [0, 0.1) is 0 Å². The lowest BCUT2D eigenvalue weighted by Crippen LogP contribution is -2.44. The smallest absolute Gasteiger partial charge is 0.249 e. The number of nitrogens with two attached hydrogens (primary N) is 2. The van der Waals surface area contributed by atoms with Crippen LogP contribution in [0.2, 0.25) is 0 Å². The number of carbonyl (C=O) groups is 3. The van der Waals surface area contributed by atoms with Gasteiger partial charge in [0.25, 0.3) is 0 Å². The first-order valence-electron chi connectivity index (χ1n) is 11.0. The van der Waals surface area contributed by atoms with Crippen molar-refractivity contribution in [3.63, 3.8) is 0 Å². The summed E-state index contributed by atoms with van der Waals surface area (Å²) in [4.78, 5) is 44.4. The Morgan fingerprint density at radius 2 is 1.97 bits per heavy atom. The normalized spacial score (nSPS) is 20.4. The number of primary amides is 1. The number of ketones is 1. The molecule has 2 fully saturated rings. The Hall–Kier alpha value is -3.98. The maximum atomic E-state index is 14.0. The molecule has 3 atom stereocenters. The van der Waals surface area contributed by atoms with E-state index in [2.05, 4.69) is 4.98 Å². The summed E-state index contributed by atoms with van der Waals surface area (Å²) in [6.45, 7) is 0.418. The number of hydrogen-bond acceptors (Lipinski definition) is 7. The zero-order valence-electron chi connectivity index (χ0n) is 18.3. The van der Waals surface area contributed by atoms with Gasteiger partial charge in [-0.15, -0.1) is 0 Å². The summed E-state index contributed by atoms with van der Waals surface area (Å²) < 4.78 is 11.0. The van der Waals surface area contributed by atoms with E-state index >= 15 is 0 Å².